The van der Waals surface area contributed by atoms with E-state index in [-0.39, 0.29) is 65.9 Å². The van der Waals surface area contributed by atoms with Crippen molar-refractivity contribution in [3.8, 4) is 22.3 Å². The second kappa shape index (κ2) is 34.1. The summed E-state index contributed by atoms with van der Waals surface area (Å²) in [5, 5.41) is 5.02. The third-order valence-electron chi connectivity index (χ3n) is 13.9. The number of amides is 5. The lowest BCUT2D eigenvalue weighted by atomic mass is 9.94. The summed E-state index contributed by atoms with van der Waals surface area (Å²) in [7, 11) is -4.14. The summed E-state index contributed by atoms with van der Waals surface area (Å²) >= 11 is 0. The molecule has 1 unspecified atom stereocenters. The number of imide groups is 2. The number of Topliss-reactive ketones (excluding diaryl/α,β-unsaturated/α-hetero) is 1. The zero-order chi connectivity index (χ0) is 61.3. The maximum absolute atomic E-state index is 15.5. The zero-order valence-corrected chi connectivity index (χ0v) is 49.3. The van der Waals surface area contributed by atoms with Gasteiger partial charge in [0.15, 0.2) is 0 Å². The number of fused-ring (bicyclic) bond motifs is 2. The van der Waals surface area contributed by atoms with Crippen LogP contribution in [0.3, 0.4) is 0 Å². The highest BCUT2D eigenvalue weighted by atomic mass is 32.2. The summed E-state index contributed by atoms with van der Waals surface area (Å²) in [5.74, 6) is -2.66. The fourth-order valence-electron chi connectivity index (χ4n) is 9.52. The molecule has 86 heavy (non-hydrogen) atoms. The number of aromatic nitrogens is 1. The van der Waals surface area contributed by atoms with E-state index in [1.807, 2.05) is 26.0 Å². The number of nitrogens with one attached hydrogen (secondary N) is 3. The number of halogens is 1. The van der Waals surface area contributed by atoms with Crippen LogP contribution in [0.2, 0.25) is 0 Å². The molecule has 1 saturated heterocycles. The Morgan fingerprint density at radius 3 is 1.92 bits per heavy atom. The van der Waals surface area contributed by atoms with E-state index in [0.717, 1.165) is 27.7 Å². The minimum absolute atomic E-state index is 0.0207. The first-order chi connectivity index (χ1) is 41.7. The van der Waals surface area contributed by atoms with Gasteiger partial charge in [0.2, 0.25) is 11.8 Å². The van der Waals surface area contributed by atoms with E-state index >= 15 is 4.39 Å². The number of aryl methyl sites for hydroxylation is 1. The average molecular weight is 1210 g/mol. The van der Waals surface area contributed by atoms with E-state index in [1.54, 1.807) is 54.6 Å². The molecular weight excluding hydrogens is 1140 g/mol. The highest BCUT2D eigenvalue weighted by Crippen LogP contribution is 2.34. The second-order valence-electron chi connectivity index (χ2n) is 19.9. The average Bonchev–Trinajstić information content (AvgIpc) is 1.68. The van der Waals surface area contributed by atoms with Crippen molar-refractivity contribution in [2.24, 2.45) is 0 Å². The fourth-order valence-corrected chi connectivity index (χ4v) is 10.6. The lowest BCUT2D eigenvalue weighted by Gasteiger charge is -2.27. The first-order valence-electron chi connectivity index (χ1n) is 28.7. The molecule has 0 spiro atoms. The Morgan fingerprint density at radius 2 is 1.29 bits per heavy atom. The van der Waals surface area contributed by atoms with E-state index in [4.69, 9.17) is 43.6 Å². The first-order valence-corrected chi connectivity index (χ1v) is 30.2. The number of nitrogens with zero attached hydrogens (tertiary/aromatic N) is 2. The first kappa shape index (κ1) is 66.1. The number of ether oxygens (including phenoxy) is 8. The lowest BCUT2D eigenvalue weighted by molar-refractivity contribution is -0.136. The number of piperidine rings is 1. The molecule has 1 atom stereocenters. The fraction of sp³-hybridized carbons (Fsp3) is 0.435. The molecule has 1 aromatic heterocycles. The molecule has 4 heterocycles. The van der Waals surface area contributed by atoms with Gasteiger partial charge in [-0.05, 0) is 104 Å². The normalized spacial score (nSPS) is 14.8. The third kappa shape index (κ3) is 19.3. The number of carbonyl (C=O) groups is 6. The summed E-state index contributed by atoms with van der Waals surface area (Å²) in [6, 6.07) is 21.3. The summed E-state index contributed by atoms with van der Waals surface area (Å²) < 4.78 is 87.3. The quantitative estimate of drug-likeness (QED) is 0.0270. The van der Waals surface area contributed by atoms with Gasteiger partial charge < -0.3 is 48.9 Å². The van der Waals surface area contributed by atoms with Crippen LogP contribution in [-0.2, 0) is 81.6 Å². The monoisotopic (exact) mass is 1210 g/mol. The van der Waals surface area contributed by atoms with Crippen LogP contribution in [0, 0.1) is 5.82 Å². The number of sulfonamides is 1. The Morgan fingerprint density at radius 1 is 0.674 bits per heavy atom. The number of anilines is 2. The number of ketones is 1. The van der Waals surface area contributed by atoms with Crippen molar-refractivity contribution in [1.29, 1.82) is 0 Å². The molecule has 0 radical (unpaired) electrons. The van der Waals surface area contributed by atoms with Gasteiger partial charge in [-0.2, -0.15) is 0 Å². The van der Waals surface area contributed by atoms with Crippen LogP contribution < -0.4 is 21.1 Å². The van der Waals surface area contributed by atoms with Crippen LogP contribution >= 0.6 is 0 Å². The molecule has 5 N–H and O–H groups in total. The molecule has 0 aliphatic carbocycles. The Hall–Kier alpha value is -7.39. The molecule has 1 fully saturated rings. The maximum Gasteiger partial charge on any atom is 0.262 e. The van der Waals surface area contributed by atoms with Crippen LogP contribution in [0.1, 0.15) is 87.3 Å². The molecule has 0 saturated carbocycles. The van der Waals surface area contributed by atoms with Crippen molar-refractivity contribution in [3.05, 3.63) is 130 Å². The SMILES string of the molecule is CCOCCOCCOCCOCCC(=O)Cc1ccc(NS(=O)(=O)c2ccc(-c3cnc(N)c(-c4ccc5c(c4)CCNC5=O)c3)c(F)c2)cc1.CCOCCOCCOCCOCCCc1cccc2c1C(=O)N(C1CCC(=O)NC1=O)C2=O. The van der Waals surface area contributed by atoms with Crippen molar-refractivity contribution in [2.75, 3.05) is 123 Å². The molecule has 24 heteroatoms. The Bertz CT molecular complexity index is 3240. The van der Waals surface area contributed by atoms with Gasteiger partial charge in [0.05, 0.1) is 102 Å². The smallest absolute Gasteiger partial charge is 0.262 e. The van der Waals surface area contributed by atoms with Gasteiger partial charge in [0.1, 0.15) is 23.5 Å². The third-order valence-corrected chi connectivity index (χ3v) is 15.3. The van der Waals surface area contributed by atoms with Gasteiger partial charge in [0, 0.05) is 79.8 Å². The molecular formula is C62H75FN6O16S. The van der Waals surface area contributed by atoms with Gasteiger partial charge in [-0.3, -0.25) is 43.7 Å². The molecule has 5 aromatic rings. The largest absolute Gasteiger partial charge is 0.383 e. The van der Waals surface area contributed by atoms with E-state index in [0.29, 0.717) is 158 Å². The second-order valence-corrected chi connectivity index (χ2v) is 21.6. The van der Waals surface area contributed by atoms with Crippen LogP contribution in [0.5, 0.6) is 0 Å². The van der Waals surface area contributed by atoms with Crippen molar-refractivity contribution < 1.29 is 79.5 Å². The number of carbonyl (C=O) groups excluding carboxylic acids is 6. The van der Waals surface area contributed by atoms with Gasteiger partial charge in [0.25, 0.3) is 27.7 Å². The van der Waals surface area contributed by atoms with Crippen LogP contribution in [-0.4, -0.2) is 172 Å². The van der Waals surface area contributed by atoms with E-state index < -0.39 is 45.5 Å². The predicted octanol–water partition coefficient (Wildman–Crippen LogP) is 5.92. The van der Waals surface area contributed by atoms with Gasteiger partial charge in [-0.15, -0.1) is 0 Å². The number of hydrogen-bond acceptors (Lipinski definition) is 18. The number of nitrogen functional groups attached to an aromatic ring is 1. The molecule has 5 amide bonds. The topological polar surface area (TPSA) is 289 Å². The standard InChI is InChI=1S/C38H43FN4O8S.C24H32N2O8/c1-2-48-15-16-50-19-20-51-18-17-49-14-12-31(44)21-26-3-6-30(7-4-26)43-52(46,47)32-8-10-33(36(39)24-32)29-23-35(37(40)42-25-29)27-5-9-34-28(22-27)11-13-41-38(34)45;1-2-31-11-12-33-15-16-34-14-13-32-10-4-6-17-5-3-7-18-21(17)24(30)26(23(18)29)19-8-9-20(27)25-22(19)28/h3-10,22-25,43H,2,11-21H2,1H3,(H2,40,42)(H,41,45);3,5,7,19H,2,4,6,8-16H2,1H3,(H,25,27,28). The number of rotatable bonds is 35. The maximum atomic E-state index is 15.5. The predicted molar refractivity (Wildman–Crippen MR) is 315 cm³/mol. The van der Waals surface area contributed by atoms with Crippen molar-refractivity contribution in [2.45, 2.75) is 69.7 Å². The molecule has 3 aliphatic rings. The highest BCUT2D eigenvalue weighted by Gasteiger charge is 2.45. The summed E-state index contributed by atoms with van der Waals surface area (Å²) in [6.07, 6.45) is 3.96. The Balaban J connectivity index is 0.000000269. The minimum atomic E-state index is -4.14. The number of benzene rings is 4. The number of nitrogens with two attached hydrogens (primary N) is 1. The molecule has 462 valence electrons. The summed E-state index contributed by atoms with van der Waals surface area (Å²) in [4.78, 5) is 79.1. The van der Waals surface area contributed by atoms with Crippen molar-refractivity contribution in [3.63, 3.8) is 0 Å². The summed E-state index contributed by atoms with van der Waals surface area (Å²) in [5.41, 5.74) is 11.9. The molecule has 8 rings (SSSR count). The van der Waals surface area contributed by atoms with Crippen LogP contribution in [0.4, 0.5) is 15.9 Å². The number of hydrogen-bond donors (Lipinski definition) is 4. The van der Waals surface area contributed by atoms with Gasteiger partial charge in [-0.1, -0.05) is 42.5 Å². The number of pyridine rings is 1. The lowest BCUT2D eigenvalue weighted by Crippen LogP contribution is -2.54. The molecule has 0 bridgehead atoms. The highest BCUT2D eigenvalue weighted by molar-refractivity contribution is 7.92. The minimum Gasteiger partial charge on any atom is -0.383 e. The Kier molecular flexibility index (Phi) is 26.2. The van der Waals surface area contributed by atoms with E-state index in [1.165, 1.54) is 18.3 Å². The van der Waals surface area contributed by atoms with Gasteiger partial charge >= 0.3 is 0 Å². The molecule has 3 aliphatic heterocycles. The zero-order valence-electron chi connectivity index (χ0n) is 48.5. The van der Waals surface area contributed by atoms with E-state index in [2.05, 4.69) is 20.3 Å². The molecule has 22 nitrogen and oxygen atoms in total. The van der Waals surface area contributed by atoms with Gasteiger partial charge in [-0.25, -0.2) is 17.8 Å². The Labute approximate surface area is 499 Å². The van der Waals surface area contributed by atoms with Crippen molar-refractivity contribution in [1.82, 2.24) is 20.5 Å². The summed E-state index contributed by atoms with van der Waals surface area (Å²) in [6.45, 7) is 12.3. The van der Waals surface area contributed by atoms with Crippen LogP contribution in [0.15, 0.2) is 96.0 Å². The van der Waals surface area contributed by atoms with E-state index in [9.17, 15) is 37.2 Å². The van der Waals surface area contributed by atoms with Crippen LogP contribution in [0.25, 0.3) is 22.3 Å². The van der Waals surface area contributed by atoms with Crippen molar-refractivity contribution >= 4 is 56.8 Å². The molecule has 4 aromatic carbocycles.